The van der Waals surface area contributed by atoms with Gasteiger partial charge in [0, 0.05) is 13.1 Å². The van der Waals surface area contributed by atoms with Crippen molar-refractivity contribution in [3.05, 3.63) is 59.7 Å². The van der Waals surface area contributed by atoms with Crippen LogP contribution < -0.4 is 5.73 Å². The van der Waals surface area contributed by atoms with Gasteiger partial charge in [-0.15, -0.1) is 0 Å². The van der Waals surface area contributed by atoms with Gasteiger partial charge >= 0.3 is 0 Å². The molecule has 1 saturated heterocycles. The summed E-state index contributed by atoms with van der Waals surface area (Å²) in [6, 6.07) is 13.8. The molecule has 32 heavy (non-hydrogen) atoms. The average molecular weight is 479 g/mol. The van der Waals surface area contributed by atoms with Gasteiger partial charge in [-0.2, -0.15) is 0 Å². The van der Waals surface area contributed by atoms with Crippen molar-refractivity contribution in [2.45, 2.75) is 59.8 Å². The van der Waals surface area contributed by atoms with Crippen molar-refractivity contribution in [1.29, 1.82) is 0 Å². The summed E-state index contributed by atoms with van der Waals surface area (Å²) in [5, 5.41) is -1.25. The molecule has 6 nitrogen and oxygen atoms in total. The van der Waals surface area contributed by atoms with Crippen molar-refractivity contribution in [2.24, 2.45) is 5.73 Å². The quantitative estimate of drug-likeness (QED) is 0.685. The van der Waals surface area contributed by atoms with Crippen LogP contribution in [0.3, 0.4) is 0 Å². The lowest BCUT2D eigenvalue weighted by Crippen LogP contribution is -2.34. The summed E-state index contributed by atoms with van der Waals surface area (Å²) in [6.45, 7) is 6.08. The fraction of sp³-hybridized carbons (Fsp3) is 0.500. The molecule has 1 aliphatic heterocycles. The molecule has 1 aliphatic rings. The second-order valence-corrected chi connectivity index (χ2v) is 13.2. The van der Waals surface area contributed by atoms with E-state index in [1.165, 1.54) is 0 Å². The molecular weight excluding hydrogens is 444 g/mol. The summed E-state index contributed by atoms with van der Waals surface area (Å²) in [4.78, 5) is 2.70. The Morgan fingerprint density at radius 3 is 1.44 bits per heavy atom. The number of rotatable bonds is 6. The third kappa shape index (κ3) is 5.78. The molecule has 2 unspecified atom stereocenters. The van der Waals surface area contributed by atoms with Crippen LogP contribution in [0.4, 0.5) is 0 Å². The molecule has 2 N–H and O–H groups in total. The number of nitrogens with zero attached hydrogens (tertiary/aromatic N) is 1. The molecular formula is C24H34N2O4S2. The first-order valence-corrected chi connectivity index (χ1v) is 14.3. The van der Waals surface area contributed by atoms with Crippen molar-refractivity contribution in [2.75, 3.05) is 26.2 Å². The summed E-state index contributed by atoms with van der Waals surface area (Å²) in [7, 11) is -7.13. The lowest BCUT2D eigenvalue weighted by atomic mass is 10.1. The summed E-state index contributed by atoms with van der Waals surface area (Å²) >= 11 is 0. The van der Waals surface area contributed by atoms with Gasteiger partial charge in [0.1, 0.15) is 0 Å². The molecule has 0 spiro atoms. The van der Waals surface area contributed by atoms with Crippen molar-refractivity contribution in [3.8, 4) is 0 Å². The first-order chi connectivity index (χ1) is 15.1. The zero-order valence-electron chi connectivity index (χ0n) is 18.9. The van der Waals surface area contributed by atoms with Crippen LogP contribution in [-0.4, -0.2) is 58.4 Å². The largest absolute Gasteiger partial charge is 0.329 e. The Morgan fingerprint density at radius 2 is 1.09 bits per heavy atom. The van der Waals surface area contributed by atoms with Gasteiger partial charge in [0.25, 0.3) is 0 Å². The Morgan fingerprint density at radius 1 is 0.719 bits per heavy atom. The molecule has 1 heterocycles. The van der Waals surface area contributed by atoms with Crippen molar-refractivity contribution in [1.82, 2.24) is 4.90 Å². The smallest absolute Gasteiger partial charge is 0.181 e. The zero-order chi connectivity index (χ0) is 23.4. The van der Waals surface area contributed by atoms with Crippen LogP contribution in [0.5, 0.6) is 0 Å². The van der Waals surface area contributed by atoms with Gasteiger partial charge < -0.3 is 10.6 Å². The summed E-state index contributed by atoms with van der Waals surface area (Å²) in [6.07, 6.45) is 1.58. The van der Waals surface area contributed by atoms with E-state index in [-0.39, 0.29) is 0 Å². The third-order valence-electron chi connectivity index (χ3n) is 6.37. The van der Waals surface area contributed by atoms with Gasteiger partial charge in [-0.25, -0.2) is 16.8 Å². The van der Waals surface area contributed by atoms with Crippen molar-refractivity contribution < 1.29 is 16.8 Å². The van der Waals surface area contributed by atoms with Gasteiger partial charge in [0.2, 0.25) is 0 Å². The third-order valence-corrected chi connectivity index (χ3v) is 10.9. The summed E-state index contributed by atoms with van der Waals surface area (Å²) in [5.74, 6) is 0. The second kappa shape index (κ2) is 10.5. The highest BCUT2D eigenvalue weighted by Crippen LogP contribution is 2.29. The second-order valence-electron chi connectivity index (χ2n) is 8.75. The SMILES string of the molecule is Cc1ccc(S(=O)(=O)C2CCC(S(=O)(=O)c3ccc(C)cc3)CCN(CCN)CC2)cc1. The standard InChI is InChI=1S/C24H34N2O4S2/c1-19-3-7-21(8-4-19)31(27,28)23-11-12-24(14-17-26(16-13-23)18-15-25)32(29,30)22-9-5-20(2)6-10-22/h3-10,23-24H,11-18,25H2,1-2H3. The highest BCUT2D eigenvalue weighted by Gasteiger charge is 2.34. The molecule has 2 atom stereocenters. The highest BCUT2D eigenvalue weighted by atomic mass is 32.2. The minimum absolute atomic E-state index is 0.302. The van der Waals surface area contributed by atoms with E-state index in [0.29, 0.717) is 61.7 Å². The molecule has 1 fully saturated rings. The number of hydrogen-bond donors (Lipinski definition) is 1. The summed E-state index contributed by atoms with van der Waals surface area (Å²) < 4.78 is 53.6. The van der Waals surface area contributed by atoms with Crippen molar-refractivity contribution in [3.63, 3.8) is 0 Å². The monoisotopic (exact) mass is 478 g/mol. The Bertz CT molecular complexity index is 1010. The Labute approximate surface area is 192 Å². The maximum Gasteiger partial charge on any atom is 0.181 e. The lowest BCUT2D eigenvalue weighted by molar-refractivity contribution is 0.276. The predicted octanol–water partition coefficient (Wildman–Crippen LogP) is 3.12. The normalized spacial score (nSPS) is 21.5. The number of nitrogens with two attached hydrogens (primary N) is 1. The molecule has 176 valence electrons. The van der Waals surface area contributed by atoms with Crippen LogP contribution in [0.1, 0.15) is 36.8 Å². The maximum absolute atomic E-state index is 13.4. The van der Waals surface area contributed by atoms with Crippen LogP contribution in [0.15, 0.2) is 58.3 Å². The first-order valence-electron chi connectivity index (χ1n) is 11.2. The number of aryl methyl sites for hydroxylation is 2. The topological polar surface area (TPSA) is 97.5 Å². The summed E-state index contributed by atoms with van der Waals surface area (Å²) in [5.41, 5.74) is 7.76. The van der Waals surface area contributed by atoms with Gasteiger partial charge in [-0.1, -0.05) is 35.4 Å². The molecule has 3 rings (SSSR count). The Balaban J connectivity index is 1.91. The van der Waals surface area contributed by atoms with E-state index < -0.39 is 30.2 Å². The molecule has 0 bridgehead atoms. The van der Waals surface area contributed by atoms with E-state index in [1.54, 1.807) is 48.5 Å². The number of benzene rings is 2. The van der Waals surface area contributed by atoms with Crippen LogP contribution in [-0.2, 0) is 19.7 Å². The van der Waals surface area contributed by atoms with E-state index in [9.17, 15) is 16.8 Å². The van der Waals surface area contributed by atoms with E-state index in [0.717, 1.165) is 11.1 Å². The van der Waals surface area contributed by atoms with Gasteiger partial charge in [-0.3, -0.25) is 0 Å². The van der Waals surface area contributed by atoms with E-state index in [4.69, 9.17) is 5.73 Å². The molecule has 0 aliphatic carbocycles. The van der Waals surface area contributed by atoms with Crippen LogP contribution >= 0.6 is 0 Å². The molecule has 2 aromatic rings. The first kappa shape index (κ1) is 24.9. The molecule has 8 heteroatoms. The molecule has 0 radical (unpaired) electrons. The van der Waals surface area contributed by atoms with E-state index >= 15 is 0 Å². The predicted molar refractivity (Wildman–Crippen MR) is 128 cm³/mol. The Kier molecular flexibility index (Phi) is 8.14. The minimum Gasteiger partial charge on any atom is -0.329 e. The van der Waals surface area contributed by atoms with Gasteiger partial charge in [0.05, 0.1) is 20.3 Å². The van der Waals surface area contributed by atoms with Crippen LogP contribution in [0, 0.1) is 13.8 Å². The zero-order valence-corrected chi connectivity index (χ0v) is 20.5. The average Bonchev–Trinajstić information content (AvgIpc) is 2.86. The maximum atomic E-state index is 13.4. The molecule has 0 aromatic heterocycles. The highest BCUT2D eigenvalue weighted by molar-refractivity contribution is 7.92. The van der Waals surface area contributed by atoms with E-state index in [2.05, 4.69) is 4.90 Å². The number of sulfone groups is 2. The van der Waals surface area contributed by atoms with Crippen molar-refractivity contribution >= 4 is 19.7 Å². The molecule has 2 aromatic carbocycles. The minimum atomic E-state index is -3.56. The van der Waals surface area contributed by atoms with Gasteiger partial charge in [0.15, 0.2) is 19.7 Å². The number of hydrogen-bond acceptors (Lipinski definition) is 6. The lowest BCUT2D eigenvalue weighted by Gasteiger charge is -2.23. The Hall–Kier alpha value is -1.74. The fourth-order valence-electron chi connectivity index (χ4n) is 4.29. The van der Waals surface area contributed by atoms with Gasteiger partial charge in [-0.05, 0) is 76.9 Å². The molecule has 0 amide bonds. The molecule has 0 saturated carbocycles. The fourth-order valence-corrected chi connectivity index (χ4v) is 7.82. The van der Waals surface area contributed by atoms with Crippen LogP contribution in [0.2, 0.25) is 0 Å². The van der Waals surface area contributed by atoms with E-state index in [1.807, 2.05) is 13.8 Å². The van der Waals surface area contributed by atoms with Crippen LogP contribution in [0.25, 0.3) is 0 Å².